The molecule has 72 valence electrons. The molecule has 1 aromatic carbocycles. The topological polar surface area (TPSA) is 29.5 Å². The van der Waals surface area contributed by atoms with Gasteiger partial charge in [-0.2, -0.15) is 0 Å². The van der Waals surface area contributed by atoms with Gasteiger partial charge in [-0.05, 0) is 17.7 Å². The highest BCUT2D eigenvalue weighted by atomic mass is 19.1. The van der Waals surface area contributed by atoms with Crippen LogP contribution in [-0.2, 0) is 0 Å². The Morgan fingerprint density at radius 2 is 2.23 bits per heavy atom. The molecule has 0 spiro atoms. The fraction of sp³-hybridized carbons (Fsp3) is 0.400. The lowest BCUT2D eigenvalue weighted by Crippen LogP contribution is -2.00. The van der Waals surface area contributed by atoms with Crippen LogP contribution in [0.1, 0.15) is 18.4 Å². The van der Waals surface area contributed by atoms with E-state index in [0.29, 0.717) is 0 Å². The number of benzene rings is 1. The molecular formula is C10H13FO2. The summed E-state index contributed by atoms with van der Waals surface area (Å²) in [6.07, 6.45) is 0. The Morgan fingerprint density at radius 3 is 2.77 bits per heavy atom. The van der Waals surface area contributed by atoms with Crippen LogP contribution in [0, 0.1) is 5.82 Å². The number of hydrogen-bond acceptors (Lipinski definition) is 2. The molecule has 0 saturated carbocycles. The van der Waals surface area contributed by atoms with Crippen LogP contribution in [0.5, 0.6) is 5.75 Å². The summed E-state index contributed by atoms with van der Waals surface area (Å²) in [6, 6.07) is 4.61. The molecule has 0 aliphatic carbocycles. The normalized spacial score (nSPS) is 12.6. The fourth-order valence-electron chi connectivity index (χ4n) is 1.09. The van der Waals surface area contributed by atoms with Crippen LogP contribution in [0.25, 0.3) is 0 Å². The van der Waals surface area contributed by atoms with Crippen LogP contribution in [0.3, 0.4) is 0 Å². The minimum Gasteiger partial charge on any atom is -0.494 e. The molecule has 0 aromatic heterocycles. The summed E-state index contributed by atoms with van der Waals surface area (Å²) in [5, 5.41) is 8.89. The Hall–Kier alpha value is -1.09. The SMILES string of the molecule is COc1cc(C(C)CO)ccc1F. The lowest BCUT2D eigenvalue weighted by Gasteiger charge is -2.10. The molecule has 3 heteroatoms. The second-order valence-electron chi connectivity index (χ2n) is 2.98. The molecule has 2 nitrogen and oxygen atoms in total. The Bertz CT molecular complexity index is 286. The van der Waals surface area contributed by atoms with E-state index in [9.17, 15) is 4.39 Å². The van der Waals surface area contributed by atoms with Crippen molar-refractivity contribution in [1.29, 1.82) is 0 Å². The molecule has 0 saturated heterocycles. The molecule has 0 aliphatic rings. The fourth-order valence-corrected chi connectivity index (χ4v) is 1.09. The Kier molecular flexibility index (Phi) is 3.25. The van der Waals surface area contributed by atoms with E-state index in [1.807, 2.05) is 6.92 Å². The zero-order valence-electron chi connectivity index (χ0n) is 7.75. The summed E-state index contributed by atoms with van der Waals surface area (Å²) >= 11 is 0. The van der Waals surface area contributed by atoms with Crippen molar-refractivity contribution in [2.75, 3.05) is 13.7 Å². The first-order chi connectivity index (χ1) is 6.19. The largest absolute Gasteiger partial charge is 0.494 e. The van der Waals surface area contributed by atoms with E-state index in [4.69, 9.17) is 9.84 Å². The molecule has 1 aromatic rings. The maximum absolute atomic E-state index is 12.9. The quantitative estimate of drug-likeness (QED) is 0.777. The third-order valence-corrected chi connectivity index (χ3v) is 2.02. The number of hydrogen-bond donors (Lipinski definition) is 1. The zero-order chi connectivity index (χ0) is 9.84. The van der Waals surface area contributed by atoms with Gasteiger partial charge < -0.3 is 9.84 Å². The van der Waals surface area contributed by atoms with E-state index in [2.05, 4.69) is 0 Å². The molecular weight excluding hydrogens is 171 g/mol. The second kappa shape index (κ2) is 4.23. The first-order valence-electron chi connectivity index (χ1n) is 4.13. The number of aliphatic hydroxyl groups excluding tert-OH is 1. The molecule has 0 radical (unpaired) electrons. The smallest absolute Gasteiger partial charge is 0.165 e. The van der Waals surface area contributed by atoms with Gasteiger partial charge in [0.25, 0.3) is 0 Å². The molecule has 0 fully saturated rings. The highest BCUT2D eigenvalue weighted by molar-refractivity contribution is 5.32. The van der Waals surface area contributed by atoms with E-state index in [1.165, 1.54) is 13.2 Å². The van der Waals surface area contributed by atoms with Gasteiger partial charge in [0.1, 0.15) is 0 Å². The summed E-state index contributed by atoms with van der Waals surface area (Å²) in [4.78, 5) is 0. The standard InChI is InChI=1S/C10H13FO2/c1-7(6-12)8-3-4-9(11)10(5-8)13-2/h3-5,7,12H,6H2,1-2H3. The predicted molar refractivity (Wildman–Crippen MR) is 48.5 cm³/mol. The van der Waals surface area contributed by atoms with Crippen molar-refractivity contribution in [1.82, 2.24) is 0 Å². The van der Waals surface area contributed by atoms with Crippen molar-refractivity contribution in [2.45, 2.75) is 12.8 Å². The molecule has 1 N–H and O–H groups in total. The van der Waals surface area contributed by atoms with Crippen LogP contribution in [0.15, 0.2) is 18.2 Å². The van der Waals surface area contributed by atoms with Crippen LogP contribution < -0.4 is 4.74 Å². The first-order valence-corrected chi connectivity index (χ1v) is 4.13. The molecule has 0 bridgehead atoms. The van der Waals surface area contributed by atoms with Crippen LogP contribution in [-0.4, -0.2) is 18.8 Å². The van der Waals surface area contributed by atoms with Crippen molar-refractivity contribution in [3.63, 3.8) is 0 Å². The first kappa shape index (κ1) is 9.99. The molecule has 0 amide bonds. The van der Waals surface area contributed by atoms with E-state index >= 15 is 0 Å². The number of ether oxygens (including phenoxy) is 1. The van der Waals surface area contributed by atoms with Gasteiger partial charge in [0.05, 0.1) is 7.11 Å². The minimum atomic E-state index is -0.378. The lowest BCUT2D eigenvalue weighted by atomic mass is 10.0. The number of halogens is 1. The maximum Gasteiger partial charge on any atom is 0.165 e. The van der Waals surface area contributed by atoms with Gasteiger partial charge in [0.2, 0.25) is 0 Å². The third-order valence-electron chi connectivity index (χ3n) is 2.02. The van der Waals surface area contributed by atoms with Crippen molar-refractivity contribution in [3.05, 3.63) is 29.6 Å². The van der Waals surface area contributed by atoms with Crippen molar-refractivity contribution in [3.8, 4) is 5.75 Å². The van der Waals surface area contributed by atoms with E-state index < -0.39 is 0 Å². The molecule has 13 heavy (non-hydrogen) atoms. The number of methoxy groups -OCH3 is 1. The Morgan fingerprint density at radius 1 is 1.54 bits per heavy atom. The van der Waals surface area contributed by atoms with E-state index in [0.717, 1.165) is 5.56 Å². The summed E-state index contributed by atoms with van der Waals surface area (Å²) in [6.45, 7) is 1.92. The van der Waals surface area contributed by atoms with Gasteiger partial charge in [-0.15, -0.1) is 0 Å². The summed E-state index contributed by atoms with van der Waals surface area (Å²) in [5.41, 5.74) is 0.876. The molecule has 1 rings (SSSR count). The van der Waals surface area contributed by atoms with Gasteiger partial charge >= 0.3 is 0 Å². The van der Waals surface area contributed by atoms with Crippen molar-refractivity contribution >= 4 is 0 Å². The molecule has 1 unspecified atom stereocenters. The van der Waals surface area contributed by atoms with Crippen molar-refractivity contribution in [2.24, 2.45) is 0 Å². The monoisotopic (exact) mass is 184 g/mol. The zero-order valence-corrected chi connectivity index (χ0v) is 7.75. The van der Waals surface area contributed by atoms with Gasteiger partial charge in [0.15, 0.2) is 11.6 Å². The minimum absolute atomic E-state index is 0.00880. The highest BCUT2D eigenvalue weighted by Gasteiger charge is 2.08. The van der Waals surface area contributed by atoms with Gasteiger partial charge in [-0.25, -0.2) is 4.39 Å². The Labute approximate surface area is 77.0 Å². The second-order valence-corrected chi connectivity index (χ2v) is 2.98. The van der Waals surface area contributed by atoms with Crippen LogP contribution in [0.2, 0.25) is 0 Å². The maximum atomic E-state index is 12.9. The third kappa shape index (κ3) is 2.18. The summed E-state index contributed by atoms with van der Waals surface area (Å²) in [5.74, 6) is -0.149. The number of aliphatic hydroxyl groups is 1. The average molecular weight is 184 g/mol. The van der Waals surface area contributed by atoms with Crippen LogP contribution >= 0.6 is 0 Å². The lowest BCUT2D eigenvalue weighted by molar-refractivity contribution is 0.272. The van der Waals surface area contributed by atoms with Crippen LogP contribution in [0.4, 0.5) is 4.39 Å². The van der Waals surface area contributed by atoms with Gasteiger partial charge in [-0.3, -0.25) is 0 Å². The summed E-state index contributed by atoms with van der Waals surface area (Å²) < 4.78 is 17.8. The number of rotatable bonds is 3. The summed E-state index contributed by atoms with van der Waals surface area (Å²) in [7, 11) is 1.42. The van der Waals surface area contributed by atoms with Gasteiger partial charge in [-0.1, -0.05) is 13.0 Å². The average Bonchev–Trinajstić information content (AvgIpc) is 2.17. The highest BCUT2D eigenvalue weighted by Crippen LogP contribution is 2.23. The molecule has 0 aliphatic heterocycles. The Balaban J connectivity index is 2.99. The van der Waals surface area contributed by atoms with Crippen molar-refractivity contribution < 1.29 is 14.2 Å². The van der Waals surface area contributed by atoms with E-state index in [1.54, 1.807) is 12.1 Å². The molecule has 0 heterocycles. The predicted octanol–water partition coefficient (Wildman–Crippen LogP) is 1.93. The van der Waals surface area contributed by atoms with Gasteiger partial charge in [0, 0.05) is 12.5 Å². The van der Waals surface area contributed by atoms with E-state index in [-0.39, 0.29) is 24.1 Å². The molecule has 1 atom stereocenters.